The number of amides is 2. The van der Waals surface area contributed by atoms with Crippen molar-refractivity contribution in [1.29, 1.82) is 0 Å². The van der Waals surface area contributed by atoms with Gasteiger partial charge in [0, 0.05) is 5.69 Å². The highest BCUT2D eigenvalue weighted by atomic mass is 32.1. The van der Waals surface area contributed by atoms with Crippen molar-refractivity contribution in [2.75, 3.05) is 5.32 Å². The van der Waals surface area contributed by atoms with Crippen LogP contribution < -0.4 is 10.0 Å². The number of hydrogen-bond acceptors (Lipinski definition) is 2. The Morgan fingerprint density at radius 2 is 2.23 bits per heavy atom. The van der Waals surface area contributed by atoms with Gasteiger partial charge in [0.2, 0.25) is 0 Å². The molecule has 2 N–H and O–H groups in total. The average molecular weight is 200 g/mol. The SMILES string of the molecule is Cc1ccc(F)cc1NC(=O)NS. The minimum Gasteiger partial charge on any atom is -0.307 e. The number of anilines is 1. The van der Waals surface area contributed by atoms with Crippen LogP contribution in [0.2, 0.25) is 0 Å². The lowest BCUT2D eigenvalue weighted by atomic mass is 10.2. The number of urea groups is 1. The molecule has 0 aliphatic heterocycles. The van der Waals surface area contributed by atoms with Crippen molar-refractivity contribution >= 4 is 24.5 Å². The van der Waals surface area contributed by atoms with Gasteiger partial charge in [0.05, 0.1) is 0 Å². The van der Waals surface area contributed by atoms with Crippen molar-refractivity contribution in [2.24, 2.45) is 0 Å². The summed E-state index contributed by atoms with van der Waals surface area (Å²) in [5.74, 6) is -0.389. The molecule has 0 unspecified atom stereocenters. The summed E-state index contributed by atoms with van der Waals surface area (Å²) >= 11 is 3.55. The molecule has 1 aromatic carbocycles. The third-order valence-electron chi connectivity index (χ3n) is 1.55. The number of nitrogens with one attached hydrogen (secondary N) is 2. The molecule has 3 nitrogen and oxygen atoms in total. The zero-order chi connectivity index (χ0) is 9.84. The maximum atomic E-state index is 12.7. The summed E-state index contributed by atoms with van der Waals surface area (Å²) < 4.78 is 14.8. The second-order valence-electron chi connectivity index (χ2n) is 2.53. The van der Waals surface area contributed by atoms with Crippen molar-refractivity contribution in [3.63, 3.8) is 0 Å². The first kappa shape index (κ1) is 9.85. The van der Waals surface area contributed by atoms with Crippen LogP contribution in [-0.2, 0) is 0 Å². The molecule has 0 aliphatic rings. The lowest BCUT2D eigenvalue weighted by Gasteiger charge is -2.06. The molecule has 0 fully saturated rings. The standard InChI is InChI=1S/C8H9FN2OS/c1-5-2-3-6(9)4-7(5)10-8(12)11-13/h2-4,13H,1H3,(H2,10,11,12). The van der Waals surface area contributed by atoms with E-state index in [0.717, 1.165) is 5.56 Å². The normalized spacial score (nSPS) is 9.46. The minimum atomic E-state index is -0.489. The molecule has 5 heteroatoms. The molecule has 0 saturated carbocycles. The summed E-state index contributed by atoms with van der Waals surface area (Å²) in [7, 11) is 0. The van der Waals surface area contributed by atoms with Gasteiger partial charge in [-0.1, -0.05) is 18.9 Å². The van der Waals surface area contributed by atoms with Gasteiger partial charge >= 0.3 is 6.03 Å². The number of carbonyl (C=O) groups excluding carboxylic acids is 1. The highest BCUT2D eigenvalue weighted by Crippen LogP contribution is 2.15. The Bertz CT molecular complexity index is 330. The molecule has 0 heterocycles. The third kappa shape index (κ3) is 2.62. The number of thiol groups is 1. The van der Waals surface area contributed by atoms with Gasteiger partial charge in [0.15, 0.2) is 0 Å². The number of halogens is 1. The number of aryl methyl sites for hydroxylation is 1. The van der Waals surface area contributed by atoms with Crippen LogP contribution in [0.4, 0.5) is 14.9 Å². The Hall–Kier alpha value is -1.23. The van der Waals surface area contributed by atoms with E-state index in [9.17, 15) is 9.18 Å². The van der Waals surface area contributed by atoms with Gasteiger partial charge in [0.1, 0.15) is 5.82 Å². The number of benzene rings is 1. The number of hydrogen-bond donors (Lipinski definition) is 3. The van der Waals surface area contributed by atoms with Crippen LogP contribution in [0, 0.1) is 12.7 Å². The van der Waals surface area contributed by atoms with E-state index >= 15 is 0 Å². The quantitative estimate of drug-likeness (QED) is 0.597. The maximum absolute atomic E-state index is 12.7. The summed E-state index contributed by atoms with van der Waals surface area (Å²) in [4.78, 5) is 10.8. The molecular formula is C8H9FN2OS. The van der Waals surface area contributed by atoms with Gasteiger partial charge in [-0.25, -0.2) is 9.18 Å². The van der Waals surface area contributed by atoms with E-state index in [-0.39, 0.29) is 5.82 Å². The second-order valence-corrected chi connectivity index (χ2v) is 2.75. The summed E-state index contributed by atoms with van der Waals surface area (Å²) in [5.41, 5.74) is 1.23. The molecular weight excluding hydrogens is 191 g/mol. The molecule has 0 atom stereocenters. The molecule has 0 spiro atoms. The first-order valence-electron chi connectivity index (χ1n) is 3.60. The molecule has 1 aromatic rings. The monoisotopic (exact) mass is 200 g/mol. The predicted molar refractivity (Wildman–Crippen MR) is 52.3 cm³/mol. The average Bonchev–Trinajstić information content (AvgIpc) is 2.11. The van der Waals surface area contributed by atoms with Crippen molar-refractivity contribution in [1.82, 2.24) is 4.72 Å². The zero-order valence-corrected chi connectivity index (χ0v) is 7.86. The van der Waals surface area contributed by atoms with E-state index in [1.165, 1.54) is 12.1 Å². The van der Waals surface area contributed by atoms with E-state index in [4.69, 9.17) is 0 Å². The minimum absolute atomic E-state index is 0.389. The predicted octanol–water partition coefficient (Wildman–Crippen LogP) is 2.10. The molecule has 0 radical (unpaired) electrons. The van der Waals surface area contributed by atoms with Gasteiger partial charge in [-0.05, 0) is 24.6 Å². The Balaban J connectivity index is 2.87. The van der Waals surface area contributed by atoms with Gasteiger partial charge in [-0.3, -0.25) is 4.72 Å². The molecule has 2 amide bonds. The molecule has 0 bridgehead atoms. The van der Waals surface area contributed by atoms with Gasteiger partial charge in [0.25, 0.3) is 0 Å². The Morgan fingerprint density at radius 3 is 2.85 bits per heavy atom. The van der Waals surface area contributed by atoms with E-state index in [1.807, 2.05) is 0 Å². The van der Waals surface area contributed by atoms with E-state index < -0.39 is 6.03 Å². The van der Waals surface area contributed by atoms with Crippen molar-refractivity contribution in [3.05, 3.63) is 29.6 Å². The van der Waals surface area contributed by atoms with Crippen molar-refractivity contribution in [3.8, 4) is 0 Å². The fourth-order valence-electron chi connectivity index (χ4n) is 0.879. The lowest BCUT2D eigenvalue weighted by molar-refractivity contribution is 0.257. The summed E-state index contributed by atoms with van der Waals surface area (Å²) in [5, 5.41) is 2.43. The fraction of sp³-hybridized carbons (Fsp3) is 0.125. The number of rotatable bonds is 1. The smallest absolute Gasteiger partial charge is 0.307 e. The van der Waals surface area contributed by atoms with Gasteiger partial charge in [-0.2, -0.15) is 0 Å². The second kappa shape index (κ2) is 4.13. The maximum Gasteiger partial charge on any atom is 0.329 e. The summed E-state index contributed by atoms with van der Waals surface area (Å²) in [6.45, 7) is 1.77. The van der Waals surface area contributed by atoms with E-state index in [2.05, 4.69) is 22.9 Å². The topological polar surface area (TPSA) is 41.1 Å². The first-order valence-corrected chi connectivity index (χ1v) is 4.05. The van der Waals surface area contributed by atoms with Crippen LogP contribution >= 0.6 is 12.8 Å². The lowest BCUT2D eigenvalue weighted by Crippen LogP contribution is -2.20. The summed E-state index contributed by atoms with van der Waals surface area (Å²) in [6, 6.07) is 3.68. The van der Waals surface area contributed by atoms with Crippen LogP contribution in [0.15, 0.2) is 18.2 Å². The fourth-order valence-corrected chi connectivity index (χ4v) is 0.935. The van der Waals surface area contributed by atoms with Crippen molar-refractivity contribution < 1.29 is 9.18 Å². The Morgan fingerprint density at radius 1 is 1.54 bits per heavy atom. The highest BCUT2D eigenvalue weighted by molar-refractivity contribution is 7.78. The van der Waals surface area contributed by atoms with Crippen LogP contribution in [0.3, 0.4) is 0 Å². The van der Waals surface area contributed by atoms with E-state index in [0.29, 0.717) is 5.69 Å². The van der Waals surface area contributed by atoms with Crippen LogP contribution in [0.5, 0.6) is 0 Å². The highest BCUT2D eigenvalue weighted by Gasteiger charge is 2.03. The largest absolute Gasteiger partial charge is 0.329 e. The molecule has 0 saturated heterocycles. The van der Waals surface area contributed by atoms with Gasteiger partial charge in [-0.15, -0.1) is 0 Å². The summed E-state index contributed by atoms with van der Waals surface area (Å²) in [6.07, 6.45) is 0. The molecule has 0 aromatic heterocycles. The Kier molecular flexibility index (Phi) is 3.13. The first-order chi connectivity index (χ1) is 6.13. The number of carbonyl (C=O) groups is 1. The van der Waals surface area contributed by atoms with E-state index in [1.54, 1.807) is 13.0 Å². The zero-order valence-electron chi connectivity index (χ0n) is 6.97. The third-order valence-corrected chi connectivity index (χ3v) is 1.75. The van der Waals surface area contributed by atoms with Crippen molar-refractivity contribution in [2.45, 2.75) is 6.92 Å². The van der Waals surface area contributed by atoms with Crippen LogP contribution in [-0.4, -0.2) is 6.03 Å². The molecule has 0 aliphatic carbocycles. The molecule has 13 heavy (non-hydrogen) atoms. The van der Waals surface area contributed by atoms with Gasteiger partial charge < -0.3 is 5.32 Å². The van der Waals surface area contributed by atoms with Crippen LogP contribution in [0.25, 0.3) is 0 Å². The van der Waals surface area contributed by atoms with Crippen LogP contribution in [0.1, 0.15) is 5.56 Å². The Labute approximate surface area is 80.9 Å². The molecule has 1 rings (SSSR count). The molecule has 70 valence electrons.